The van der Waals surface area contributed by atoms with Gasteiger partial charge in [-0.15, -0.1) is 11.3 Å². The van der Waals surface area contributed by atoms with Gasteiger partial charge in [0.1, 0.15) is 11.1 Å². The fraction of sp³-hybridized carbons (Fsp3) is 0.500. The van der Waals surface area contributed by atoms with E-state index < -0.39 is 0 Å². The van der Waals surface area contributed by atoms with Crippen LogP contribution in [-0.4, -0.2) is 28.6 Å². The van der Waals surface area contributed by atoms with Crippen LogP contribution in [0.25, 0.3) is 0 Å². The van der Waals surface area contributed by atoms with Gasteiger partial charge < -0.3 is 10.4 Å². The third-order valence-corrected chi connectivity index (χ3v) is 4.38. The van der Waals surface area contributed by atoms with E-state index in [1.165, 1.54) is 11.3 Å². The minimum Gasteiger partial charge on any atom is -0.396 e. The second-order valence-electron chi connectivity index (χ2n) is 3.77. The van der Waals surface area contributed by atoms with Crippen molar-refractivity contribution in [3.8, 4) is 6.07 Å². The van der Waals surface area contributed by atoms with Gasteiger partial charge in [0.05, 0.1) is 5.56 Å². The van der Waals surface area contributed by atoms with E-state index >= 15 is 0 Å². The van der Waals surface area contributed by atoms with Crippen molar-refractivity contribution in [2.24, 2.45) is 0 Å². The van der Waals surface area contributed by atoms with Gasteiger partial charge in [-0.1, -0.05) is 6.92 Å². The molecule has 2 N–H and O–H groups in total. The van der Waals surface area contributed by atoms with Crippen LogP contribution < -0.4 is 5.32 Å². The molecule has 6 heteroatoms. The zero-order valence-corrected chi connectivity index (χ0v) is 11.8. The molecule has 0 bridgehead atoms. The lowest BCUT2D eigenvalue weighted by molar-refractivity contribution is -0.115. The van der Waals surface area contributed by atoms with Gasteiger partial charge in [0, 0.05) is 24.0 Å². The number of carbonyl (C=O) groups is 1. The third kappa shape index (κ3) is 5.08. The number of hydrogen-bond donors (Lipinski definition) is 2. The predicted molar refractivity (Wildman–Crippen MR) is 75.9 cm³/mol. The number of nitrogens with one attached hydrogen (secondary N) is 1. The van der Waals surface area contributed by atoms with E-state index in [1.54, 1.807) is 23.2 Å². The van der Waals surface area contributed by atoms with Crippen molar-refractivity contribution in [1.29, 1.82) is 5.26 Å². The molecule has 4 nitrogen and oxygen atoms in total. The molecule has 0 spiro atoms. The number of rotatable bonds is 7. The summed E-state index contributed by atoms with van der Waals surface area (Å²) in [4.78, 5) is 11.6. The smallest absolute Gasteiger partial charge is 0.225 e. The summed E-state index contributed by atoms with van der Waals surface area (Å²) in [7, 11) is 0. The molecule has 1 heterocycles. The average molecular weight is 284 g/mol. The highest BCUT2D eigenvalue weighted by Gasteiger charge is 2.09. The number of aliphatic hydroxyl groups excluding tert-OH is 1. The maximum Gasteiger partial charge on any atom is 0.225 e. The first-order chi connectivity index (χ1) is 8.67. The molecule has 1 unspecified atom stereocenters. The summed E-state index contributed by atoms with van der Waals surface area (Å²) in [5.74, 6) is 0.651. The van der Waals surface area contributed by atoms with Crippen LogP contribution in [0.4, 0.5) is 5.00 Å². The Labute approximate surface area is 115 Å². The van der Waals surface area contributed by atoms with E-state index in [9.17, 15) is 4.79 Å². The molecule has 0 aliphatic rings. The van der Waals surface area contributed by atoms with Gasteiger partial charge in [-0.2, -0.15) is 17.0 Å². The first-order valence-corrected chi connectivity index (χ1v) is 7.60. The molecule has 18 heavy (non-hydrogen) atoms. The molecule has 0 aliphatic heterocycles. The average Bonchev–Trinajstić information content (AvgIpc) is 2.76. The Bertz CT molecular complexity index is 426. The molecule has 0 fully saturated rings. The molecule has 0 aromatic carbocycles. The summed E-state index contributed by atoms with van der Waals surface area (Å²) in [6.07, 6.45) is 1.17. The lowest BCUT2D eigenvalue weighted by atomic mass is 10.3. The Morgan fingerprint density at radius 1 is 1.72 bits per heavy atom. The number of carbonyl (C=O) groups excluding carboxylic acids is 1. The van der Waals surface area contributed by atoms with Gasteiger partial charge in [0.25, 0.3) is 0 Å². The Balaban J connectivity index is 2.28. The highest BCUT2D eigenvalue weighted by atomic mass is 32.2. The van der Waals surface area contributed by atoms with Gasteiger partial charge in [0.2, 0.25) is 5.91 Å². The molecule has 1 aromatic heterocycles. The Hall–Kier alpha value is -1.03. The number of nitrogens with zero attached hydrogens (tertiary/aromatic N) is 1. The number of hydrogen-bond acceptors (Lipinski definition) is 5. The third-order valence-electron chi connectivity index (χ3n) is 2.31. The first kappa shape index (κ1) is 15.0. The molecule has 0 saturated heterocycles. The standard InChI is InChI=1S/C12H16N2O2S2/c1-9(2-5-15)17-7-4-11(16)14-12-10(8-13)3-6-18-12/h3,6,9,15H,2,4-5,7H2,1H3,(H,14,16). The van der Waals surface area contributed by atoms with Crippen LogP contribution in [0.3, 0.4) is 0 Å². The van der Waals surface area contributed by atoms with Crippen molar-refractivity contribution in [3.05, 3.63) is 17.0 Å². The lowest BCUT2D eigenvalue weighted by Gasteiger charge is -2.08. The number of aliphatic hydroxyl groups is 1. The van der Waals surface area contributed by atoms with Gasteiger partial charge in [0.15, 0.2) is 0 Å². The van der Waals surface area contributed by atoms with Crippen LogP contribution in [0.2, 0.25) is 0 Å². The van der Waals surface area contributed by atoms with Crippen molar-refractivity contribution in [2.75, 3.05) is 17.7 Å². The molecule has 0 saturated carbocycles. The number of thioether (sulfide) groups is 1. The fourth-order valence-corrected chi connectivity index (χ4v) is 3.03. The van der Waals surface area contributed by atoms with E-state index in [1.807, 2.05) is 13.0 Å². The number of thiophene rings is 1. The maximum absolute atomic E-state index is 11.6. The van der Waals surface area contributed by atoms with Gasteiger partial charge in [-0.3, -0.25) is 4.79 Å². The van der Waals surface area contributed by atoms with Crippen molar-refractivity contribution in [2.45, 2.75) is 25.0 Å². The predicted octanol–water partition coefficient (Wildman–Crippen LogP) is 2.45. The Morgan fingerprint density at radius 2 is 2.50 bits per heavy atom. The summed E-state index contributed by atoms with van der Waals surface area (Å²) >= 11 is 3.03. The summed E-state index contributed by atoms with van der Waals surface area (Å²) in [6.45, 7) is 2.22. The molecule has 98 valence electrons. The van der Waals surface area contributed by atoms with E-state index in [0.29, 0.717) is 22.2 Å². The minimum atomic E-state index is -0.0716. The van der Waals surface area contributed by atoms with Crippen LogP contribution in [0.5, 0.6) is 0 Å². The zero-order valence-electron chi connectivity index (χ0n) is 10.2. The van der Waals surface area contributed by atoms with Gasteiger partial charge in [-0.25, -0.2) is 0 Å². The van der Waals surface area contributed by atoms with E-state index in [4.69, 9.17) is 10.4 Å². The molecule has 1 atom stereocenters. The SMILES string of the molecule is CC(CCO)SCCC(=O)Nc1sccc1C#N. The summed E-state index contributed by atoms with van der Waals surface area (Å²) in [5.41, 5.74) is 0.509. The number of anilines is 1. The molecule has 1 aromatic rings. The van der Waals surface area contributed by atoms with Crippen molar-refractivity contribution in [3.63, 3.8) is 0 Å². The monoisotopic (exact) mass is 284 g/mol. The van der Waals surface area contributed by atoms with Gasteiger partial charge in [-0.05, 0) is 17.9 Å². The molecule has 0 radical (unpaired) electrons. The second kappa shape index (κ2) is 8.14. The summed E-state index contributed by atoms with van der Waals surface area (Å²) in [6, 6.07) is 3.73. The van der Waals surface area contributed by atoms with Crippen molar-refractivity contribution in [1.82, 2.24) is 0 Å². The Kier molecular flexibility index (Phi) is 6.80. The van der Waals surface area contributed by atoms with Gasteiger partial charge >= 0.3 is 0 Å². The van der Waals surface area contributed by atoms with Crippen molar-refractivity contribution >= 4 is 34.0 Å². The lowest BCUT2D eigenvalue weighted by Crippen LogP contribution is -2.13. The maximum atomic E-state index is 11.6. The number of nitriles is 1. The highest BCUT2D eigenvalue weighted by Crippen LogP contribution is 2.22. The minimum absolute atomic E-state index is 0.0716. The summed E-state index contributed by atoms with van der Waals surface area (Å²) < 4.78 is 0. The van der Waals surface area contributed by atoms with E-state index in [2.05, 4.69) is 5.32 Å². The van der Waals surface area contributed by atoms with Crippen LogP contribution in [0.1, 0.15) is 25.3 Å². The summed E-state index contributed by atoms with van der Waals surface area (Å²) in [5, 5.41) is 23.1. The Morgan fingerprint density at radius 3 is 3.17 bits per heavy atom. The molecular weight excluding hydrogens is 268 g/mol. The second-order valence-corrected chi connectivity index (χ2v) is 6.23. The van der Waals surface area contributed by atoms with Crippen LogP contribution in [-0.2, 0) is 4.79 Å². The van der Waals surface area contributed by atoms with E-state index in [-0.39, 0.29) is 12.5 Å². The zero-order chi connectivity index (χ0) is 13.4. The topological polar surface area (TPSA) is 73.1 Å². The largest absolute Gasteiger partial charge is 0.396 e. The molecular formula is C12H16N2O2S2. The van der Waals surface area contributed by atoms with Crippen LogP contribution in [0.15, 0.2) is 11.4 Å². The van der Waals surface area contributed by atoms with Crippen LogP contribution >= 0.6 is 23.1 Å². The normalized spacial score (nSPS) is 11.8. The molecule has 0 aliphatic carbocycles. The molecule has 1 rings (SSSR count). The first-order valence-electron chi connectivity index (χ1n) is 5.67. The molecule has 1 amide bonds. The highest BCUT2D eigenvalue weighted by molar-refractivity contribution is 7.99. The van der Waals surface area contributed by atoms with E-state index in [0.717, 1.165) is 12.2 Å². The quantitative estimate of drug-likeness (QED) is 0.806. The fourth-order valence-electron chi connectivity index (χ4n) is 1.30. The van der Waals surface area contributed by atoms with Crippen molar-refractivity contribution < 1.29 is 9.90 Å². The van der Waals surface area contributed by atoms with Crippen LogP contribution in [0, 0.1) is 11.3 Å². The number of amides is 1.